The molecule has 21 heavy (non-hydrogen) atoms. The van der Waals surface area contributed by atoms with Crippen LogP contribution in [0.15, 0.2) is 0 Å². The zero-order valence-corrected chi connectivity index (χ0v) is 16.0. The minimum Gasteiger partial charge on any atom is -0.312 e. The highest BCUT2D eigenvalue weighted by Gasteiger charge is 2.17. The number of hydrogen-bond donors (Lipinski definition) is 1. The van der Waals surface area contributed by atoms with Gasteiger partial charge in [0.25, 0.3) is 0 Å². The van der Waals surface area contributed by atoms with Crippen LogP contribution in [-0.2, 0) is 0 Å². The van der Waals surface area contributed by atoms with Crippen molar-refractivity contribution < 1.29 is 0 Å². The first-order valence-electron chi connectivity index (χ1n) is 9.66. The Hall–Kier alpha value is -0.0400. The molecule has 0 amide bonds. The molecule has 0 saturated carbocycles. The molecule has 0 aromatic heterocycles. The van der Waals surface area contributed by atoms with Crippen molar-refractivity contribution >= 4 is 0 Å². The normalized spacial score (nSPS) is 17.7. The van der Waals surface area contributed by atoms with E-state index < -0.39 is 0 Å². The van der Waals surface area contributed by atoms with Gasteiger partial charge in [0.05, 0.1) is 0 Å². The third-order valence-corrected chi connectivity index (χ3v) is 5.04. The van der Waals surface area contributed by atoms with E-state index in [1.807, 2.05) is 0 Å². The summed E-state index contributed by atoms with van der Waals surface area (Å²) in [7, 11) is 0. The zero-order chi connectivity index (χ0) is 16.3. The quantitative estimate of drug-likeness (QED) is 0.413. The molecule has 0 bridgehead atoms. The summed E-state index contributed by atoms with van der Waals surface area (Å²) in [6, 6.07) is 1.33. The van der Waals surface area contributed by atoms with Gasteiger partial charge in [0.1, 0.15) is 0 Å². The van der Waals surface area contributed by atoms with Gasteiger partial charge in [-0.1, -0.05) is 66.7 Å². The molecule has 1 nitrogen and oxygen atoms in total. The summed E-state index contributed by atoms with van der Waals surface area (Å²) in [5.74, 6) is 2.63. The second-order valence-electron chi connectivity index (χ2n) is 7.82. The molecule has 0 radical (unpaired) electrons. The standard InChI is InChI=1S/C20H43N/c1-8-11-20(19(7)21-18(6)9-2)13-10-12-17(5)15-14-16(3)4/h16-21H,8-15H2,1-7H3. The van der Waals surface area contributed by atoms with Crippen molar-refractivity contribution in [3.63, 3.8) is 0 Å². The van der Waals surface area contributed by atoms with E-state index >= 15 is 0 Å². The number of rotatable bonds is 13. The number of hydrogen-bond acceptors (Lipinski definition) is 1. The molecule has 1 N–H and O–H groups in total. The van der Waals surface area contributed by atoms with E-state index in [4.69, 9.17) is 0 Å². The Morgan fingerprint density at radius 3 is 1.95 bits per heavy atom. The molecule has 0 aliphatic rings. The van der Waals surface area contributed by atoms with Gasteiger partial charge < -0.3 is 5.32 Å². The summed E-state index contributed by atoms with van der Waals surface area (Å²) >= 11 is 0. The predicted molar refractivity (Wildman–Crippen MR) is 97.8 cm³/mol. The largest absolute Gasteiger partial charge is 0.312 e. The molecule has 0 aliphatic carbocycles. The van der Waals surface area contributed by atoms with Crippen LogP contribution >= 0.6 is 0 Å². The summed E-state index contributed by atoms with van der Waals surface area (Å²) < 4.78 is 0. The van der Waals surface area contributed by atoms with Crippen LogP contribution < -0.4 is 5.32 Å². The van der Waals surface area contributed by atoms with Gasteiger partial charge >= 0.3 is 0 Å². The molecule has 4 atom stereocenters. The lowest BCUT2D eigenvalue weighted by atomic mass is 9.87. The third-order valence-electron chi connectivity index (χ3n) is 5.04. The van der Waals surface area contributed by atoms with Gasteiger partial charge in [-0.2, -0.15) is 0 Å². The first-order chi connectivity index (χ1) is 9.90. The minimum absolute atomic E-state index is 0.657. The highest BCUT2D eigenvalue weighted by Crippen LogP contribution is 2.23. The molecule has 0 spiro atoms. The first kappa shape index (κ1) is 21.0. The van der Waals surface area contributed by atoms with E-state index in [0.29, 0.717) is 12.1 Å². The molecule has 4 unspecified atom stereocenters. The molecule has 0 fully saturated rings. The van der Waals surface area contributed by atoms with Gasteiger partial charge in [-0.05, 0) is 50.9 Å². The molecule has 0 aliphatic heterocycles. The van der Waals surface area contributed by atoms with Crippen LogP contribution in [0.25, 0.3) is 0 Å². The van der Waals surface area contributed by atoms with Crippen LogP contribution in [0.4, 0.5) is 0 Å². The van der Waals surface area contributed by atoms with Crippen LogP contribution in [-0.4, -0.2) is 12.1 Å². The molecule has 0 saturated heterocycles. The molecule has 1 heteroatoms. The fourth-order valence-corrected chi connectivity index (χ4v) is 3.21. The van der Waals surface area contributed by atoms with Gasteiger partial charge in [-0.3, -0.25) is 0 Å². The molecule has 0 rings (SSSR count). The van der Waals surface area contributed by atoms with Gasteiger partial charge in [0.15, 0.2) is 0 Å². The SMILES string of the molecule is CCCC(CCCC(C)CCC(C)C)C(C)NC(C)CC. The second-order valence-corrected chi connectivity index (χ2v) is 7.82. The summed E-state index contributed by atoms with van der Waals surface area (Å²) in [4.78, 5) is 0. The Labute approximate surface area is 135 Å². The first-order valence-corrected chi connectivity index (χ1v) is 9.66. The van der Waals surface area contributed by atoms with Gasteiger partial charge in [-0.15, -0.1) is 0 Å². The molecular weight excluding hydrogens is 254 g/mol. The van der Waals surface area contributed by atoms with Crippen molar-refractivity contribution in [2.24, 2.45) is 17.8 Å². The van der Waals surface area contributed by atoms with Crippen molar-refractivity contribution in [3.05, 3.63) is 0 Å². The van der Waals surface area contributed by atoms with Crippen LogP contribution in [0.5, 0.6) is 0 Å². The lowest BCUT2D eigenvalue weighted by molar-refractivity contribution is 0.290. The average Bonchev–Trinajstić information content (AvgIpc) is 2.43. The van der Waals surface area contributed by atoms with E-state index in [1.165, 1.54) is 51.4 Å². The molecule has 128 valence electrons. The zero-order valence-electron chi connectivity index (χ0n) is 16.0. The molecule has 0 aromatic rings. The Bertz CT molecular complexity index is 224. The summed E-state index contributed by atoms with van der Waals surface area (Å²) in [6.45, 7) is 16.4. The second kappa shape index (κ2) is 12.5. The monoisotopic (exact) mass is 297 g/mol. The van der Waals surface area contributed by atoms with Crippen LogP contribution in [0.1, 0.15) is 99.8 Å². The van der Waals surface area contributed by atoms with Gasteiger partial charge in [0.2, 0.25) is 0 Å². The fourth-order valence-electron chi connectivity index (χ4n) is 3.21. The molecule has 0 heterocycles. The summed E-state index contributed by atoms with van der Waals surface area (Å²) in [5.41, 5.74) is 0. The van der Waals surface area contributed by atoms with Crippen LogP contribution in [0, 0.1) is 17.8 Å². The topological polar surface area (TPSA) is 12.0 Å². The van der Waals surface area contributed by atoms with E-state index in [-0.39, 0.29) is 0 Å². The Balaban J connectivity index is 4.02. The van der Waals surface area contributed by atoms with Gasteiger partial charge in [-0.25, -0.2) is 0 Å². The van der Waals surface area contributed by atoms with E-state index in [0.717, 1.165) is 17.8 Å². The van der Waals surface area contributed by atoms with Crippen molar-refractivity contribution in [1.82, 2.24) is 5.32 Å². The summed E-state index contributed by atoms with van der Waals surface area (Å²) in [6.07, 6.45) is 11.0. The predicted octanol–water partition coefficient (Wildman–Crippen LogP) is 6.42. The fraction of sp³-hybridized carbons (Fsp3) is 1.00. The van der Waals surface area contributed by atoms with E-state index in [2.05, 4.69) is 53.8 Å². The van der Waals surface area contributed by atoms with Crippen molar-refractivity contribution in [1.29, 1.82) is 0 Å². The van der Waals surface area contributed by atoms with Crippen LogP contribution in [0.3, 0.4) is 0 Å². The highest BCUT2D eigenvalue weighted by atomic mass is 14.9. The summed E-state index contributed by atoms with van der Waals surface area (Å²) in [5, 5.41) is 3.79. The Kier molecular flexibility index (Phi) is 12.5. The maximum absolute atomic E-state index is 3.79. The molecular formula is C20H43N. The number of nitrogens with one attached hydrogen (secondary N) is 1. The Morgan fingerprint density at radius 1 is 0.762 bits per heavy atom. The average molecular weight is 298 g/mol. The van der Waals surface area contributed by atoms with Crippen molar-refractivity contribution in [2.75, 3.05) is 0 Å². The van der Waals surface area contributed by atoms with E-state index in [1.54, 1.807) is 0 Å². The highest BCUT2D eigenvalue weighted by molar-refractivity contribution is 4.75. The van der Waals surface area contributed by atoms with E-state index in [9.17, 15) is 0 Å². The Morgan fingerprint density at radius 2 is 1.43 bits per heavy atom. The molecule has 0 aromatic carbocycles. The lowest BCUT2D eigenvalue weighted by Crippen LogP contribution is -2.39. The van der Waals surface area contributed by atoms with Crippen LogP contribution in [0.2, 0.25) is 0 Å². The van der Waals surface area contributed by atoms with Crippen molar-refractivity contribution in [2.45, 2.75) is 112 Å². The third kappa shape index (κ3) is 11.2. The van der Waals surface area contributed by atoms with Crippen molar-refractivity contribution in [3.8, 4) is 0 Å². The van der Waals surface area contributed by atoms with Gasteiger partial charge in [0, 0.05) is 12.1 Å². The maximum atomic E-state index is 3.79. The maximum Gasteiger partial charge on any atom is 0.00694 e. The minimum atomic E-state index is 0.657. The lowest BCUT2D eigenvalue weighted by Gasteiger charge is -2.28. The smallest absolute Gasteiger partial charge is 0.00694 e.